The summed E-state index contributed by atoms with van der Waals surface area (Å²) in [5, 5.41) is 23.1. The van der Waals surface area contributed by atoms with E-state index in [-0.39, 0.29) is 18.5 Å². The number of amides is 1. The van der Waals surface area contributed by atoms with Crippen LogP contribution in [0.3, 0.4) is 0 Å². The highest BCUT2D eigenvalue weighted by molar-refractivity contribution is 5.76. The van der Waals surface area contributed by atoms with Crippen molar-refractivity contribution in [3.63, 3.8) is 0 Å². The van der Waals surface area contributed by atoms with E-state index in [9.17, 15) is 19.8 Å². The van der Waals surface area contributed by atoms with Crippen molar-refractivity contribution in [2.24, 2.45) is 0 Å². The van der Waals surface area contributed by atoms with Crippen LogP contribution in [0.4, 0.5) is 0 Å². The van der Waals surface area contributed by atoms with Crippen molar-refractivity contribution in [2.45, 2.75) is 341 Å². The maximum atomic E-state index is 12.4. The molecule has 2 atom stereocenters. The van der Waals surface area contributed by atoms with E-state index < -0.39 is 12.1 Å². The Morgan fingerprint density at radius 2 is 0.723 bits per heavy atom. The highest BCUT2D eigenvalue weighted by Crippen LogP contribution is 2.17. The lowest BCUT2D eigenvalue weighted by Crippen LogP contribution is -2.45. The fraction of sp³-hybridized carbons (Fsp3) is 0.932. The smallest absolute Gasteiger partial charge is 0.305 e. The van der Waals surface area contributed by atoms with Crippen molar-refractivity contribution in [2.75, 3.05) is 13.2 Å². The van der Waals surface area contributed by atoms with Gasteiger partial charge in [-0.1, -0.05) is 276 Å². The molecule has 0 aliphatic carbocycles. The molecule has 0 aromatic rings. The zero-order valence-electron chi connectivity index (χ0n) is 44.0. The number of aliphatic hydroxyl groups excluding tert-OH is 2. The van der Waals surface area contributed by atoms with Gasteiger partial charge in [0.1, 0.15) is 0 Å². The molecule has 0 aromatic heterocycles. The topological polar surface area (TPSA) is 95.9 Å². The van der Waals surface area contributed by atoms with E-state index >= 15 is 0 Å². The van der Waals surface area contributed by atoms with Gasteiger partial charge in [-0.15, -0.1) is 0 Å². The quantitative estimate of drug-likeness (QED) is 0.0321. The lowest BCUT2D eigenvalue weighted by Gasteiger charge is -2.22. The molecule has 0 bridgehead atoms. The van der Waals surface area contributed by atoms with Gasteiger partial charge < -0.3 is 20.3 Å². The monoisotopic (exact) mass is 918 g/mol. The maximum absolute atomic E-state index is 12.4. The lowest BCUT2D eigenvalue weighted by molar-refractivity contribution is -0.143. The summed E-state index contributed by atoms with van der Waals surface area (Å²) in [6.07, 6.45) is 65.1. The second kappa shape index (κ2) is 55.2. The Hall–Kier alpha value is -1.40. The number of unbranched alkanes of at least 4 members (excludes halogenated alkanes) is 42. The number of ether oxygens (including phenoxy) is 1. The number of hydrogen-bond acceptors (Lipinski definition) is 5. The molecular weight excluding hydrogens is 803 g/mol. The van der Waals surface area contributed by atoms with Crippen LogP contribution in [0.25, 0.3) is 0 Å². The molecule has 0 aliphatic heterocycles. The van der Waals surface area contributed by atoms with Crippen LogP contribution in [-0.2, 0) is 14.3 Å². The van der Waals surface area contributed by atoms with Crippen LogP contribution in [0.15, 0.2) is 12.2 Å². The van der Waals surface area contributed by atoms with Gasteiger partial charge in [-0.3, -0.25) is 9.59 Å². The van der Waals surface area contributed by atoms with Crippen LogP contribution in [0.1, 0.15) is 328 Å². The fourth-order valence-corrected chi connectivity index (χ4v) is 9.28. The molecule has 0 fully saturated rings. The minimum atomic E-state index is -0.663. The molecule has 6 nitrogen and oxygen atoms in total. The molecule has 3 N–H and O–H groups in total. The third kappa shape index (κ3) is 51.8. The van der Waals surface area contributed by atoms with E-state index in [2.05, 4.69) is 31.3 Å². The van der Waals surface area contributed by atoms with Crippen LogP contribution in [-0.4, -0.2) is 47.4 Å². The second-order valence-electron chi connectivity index (χ2n) is 20.3. The largest absolute Gasteiger partial charge is 0.466 e. The van der Waals surface area contributed by atoms with Crippen molar-refractivity contribution in [1.29, 1.82) is 0 Å². The summed E-state index contributed by atoms with van der Waals surface area (Å²) in [5.74, 6) is -0.0234. The summed E-state index contributed by atoms with van der Waals surface area (Å²) >= 11 is 0. The second-order valence-corrected chi connectivity index (χ2v) is 20.3. The minimum Gasteiger partial charge on any atom is -0.466 e. The van der Waals surface area contributed by atoms with E-state index in [4.69, 9.17) is 4.74 Å². The zero-order valence-corrected chi connectivity index (χ0v) is 44.0. The molecule has 0 saturated heterocycles. The number of esters is 1. The zero-order chi connectivity index (χ0) is 47.2. The standard InChI is InChI=1S/C59H115NO5/c1-3-5-7-9-11-13-14-15-30-33-37-41-45-49-53-59(64)65-54-50-46-42-38-34-31-28-26-24-22-20-18-16-17-19-21-23-25-27-29-32-36-40-44-48-52-58(63)60-56(55-61)57(62)51-47-43-39-35-12-10-8-6-4-2/h17,19,56-57,61-62H,3-16,18,20-55H2,1-2H3,(H,60,63)/b19-17-. The van der Waals surface area contributed by atoms with Gasteiger partial charge in [-0.2, -0.15) is 0 Å². The Morgan fingerprint density at radius 3 is 1.09 bits per heavy atom. The Labute approximate surface area is 406 Å². The molecule has 1 amide bonds. The van der Waals surface area contributed by atoms with Gasteiger partial charge in [-0.05, 0) is 51.4 Å². The summed E-state index contributed by atoms with van der Waals surface area (Å²) in [7, 11) is 0. The highest BCUT2D eigenvalue weighted by atomic mass is 16.5. The Balaban J connectivity index is 3.35. The molecule has 0 spiro atoms. The summed E-state index contributed by atoms with van der Waals surface area (Å²) in [5.41, 5.74) is 0. The molecule has 0 heterocycles. The number of aliphatic hydroxyl groups is 2. The predicted molar refractivity (Wildman–Crippen MR) is 283 cm³/mol. The molecule has 65 heavy (non-hydrogen) atoms. The number of hydrogen-bond donors (Lipinski definition) is 3. The first-order chi connectivity index (χ1) is 32.0. The van der Waals surface area contributed by atoms with Gasteiger partial charge in [-0.25, -0.2) is 0 Å². The van der Waals surface area contributed by atoms with Crippen LogP contribution in [0, 0.1) is 0 Å². The first-order valence-electron chi connectivity index (χ1n) is 29.4. The van der Waals surface area contributed by atoms with E-state index in [1.54, 1.807) is 0 Å². The normalized spacial score (nSPS) is 12.6. The van der Waals surface area contributed by atoms with Crippen molar-refractivity contribution < 1.29 is 24.5 Å². The number of carbonyl (C=O) groups excluding carboxylic acids is 2. The Morgan fingerprint density at radius 1 is 0.415 bits per heavy atom. The van der Waals surface area contributed by atoms with Crippen LogP contribution < -0.4 is 5.32 Å². The minimum absolute atomic E-state index is 0.0160. The van der Waals surface area contributed by atoms with Gasteiger partial charge in [0.25, 0.3) is 0 Å². The number of rotatable bonds is 55. The van der Waals surface area contributed by atoms with Crippen molar-refractivity contribution in [1.82, 2.24) is 5.32 Å². The Bertz CT molecular complexity index is 970. The molecule has 386 valence electrons. The van der Waals surface area contributed by atoms with Crippen molar-refractivity contribution in [3.8, 4) is 0 Å². The van der Waals surface area contributed by atoms with Crippen LogP contribution in [0.2, 0.25) is 0 Å². The van der Waals surface area contributed by atoms with E-state index in [0.717, 1.165) is 38.5 Å². The van der Waals surface area contributed by atoms with Crippen LogP contribution >= 0.6 is 0 Å². The molecule has 2 unspecified atom stereocenters. The fourth-order valence-electron chi connectivity index (χ4n) is 9.28. The van der Waals surface area contributed by atoms with E-state index in [1.165, 1.54) is 257 Å². The SMILES string of the molecule is CCCCCCCCCCCCCCCCC(=O)OCCCCCCCCCCCCCC/C=C\CCCCCCCCCCCC(=O)NC(CO)C(O)CCCCCCCCCCC. The average Bonchev–Trinajstić information content (AvgIpc) is 3.31. The molecule has 0 aliphatic rings. The maximum Gasteiger partial charge on any atom is 0.305 e. The summed E-state index contributed by atoms with van der Waals surface area (Å²) in [6.45, 7) is 4.95. The van der Waals surface area contributed by atoms with Gasteiger partial charge in [0.15, 0.2) is 0 Å². The van der Waals surface area contributed by atoms with Gasteiger partial charge in [0.2, 0.25) is 5.91 Å². The summed E-state index contributed by atoms with van der Waals surface area (Å²) in [6, 6.07) is -0.540. The molecule has 0 radical (unpaired) electrons. The molecule has 0 saturated carbocycles. The van der Waals surface area contributed by atoms with Gasteiger partial charge >= 0.3 is 5.97 Å². The Kier molecular flexibility index (Phi) is 54.0. The molecular formula is C59H115NO5. The van der Waals surface area contributed by atoms with Crippen molar-refractivity contribution >= 4 is 11.9 Å². The summed E-state index contributed by atoms with van der Waals surface area (Å²) in [4.78, 5) is 24.4. The molecule has 0 aromatic carbocycles. The number of allylic oxidation sites excluding steroid dienone is 2. The third-order valence-electron chi connectivity index (χ3n) is 13.8. The van der Waals surface area contributed by atoms with E-state index in [1.807, 2.05) is 0 Å². The van der Waals surface area contributed by atoms with Crippen LogP contribution in [0.5, 0.6) is 0 Å². The predicted octanol–water partition coefficient (Wildman–Crippen LogP) is 18.1. The lowest BCUT2D eigenvalue weighted by atomic mass is 10.0. The first-order valence-corrected chi connectivity index (χ1v) is 29.4. The molecule has 6 heteroatoms. The third-order valence-corrected chi connectivity index (χ3v) is 13.8. The van der Waals surface area contributed by atoms with E-state index in [0.29, 0.717) is 25.9 Å². The average molecular weight is 919 g/mol. The van der Waals surface area contributed by atoms with Gasteiger partial charge in [0.05, 0.1) is 25.4 Å². The molecule has 0 rings (SSSR count). The van der Waals surface area contributed by atoms with Gasteiger partial charge in [0, 0.05) is 12.8 Å². The van der Waals surface area contributed by atoms with Crippen molar-refractivity contribution in [3.05, 3.63) is 12.2 Å². The number of carbonyl (C=O) groups is 2. The first kappa shape index (κ1) is 63.6. The number of nitrogens with one attached hydrogen (secondary N) is 1. The summed E-state index contributed by atoms with van der Waals surface area (Å²) < 4.78 is 5.48. The highest BCUT2D eigenvalue weighted by Gasteiger charge is 2.20.